The normalized spacial score (nSPS) is 12.8. The van der Waals surface area contributed by atoms with E-state index in [1.54, 1.807) is 11.3 Å². The van der Waals surface area contributed by atoms with Crippen LogP contribution in [-0.2, 0) is 11.2 Å². The zero-order chi connectivity index (χ0) is 13.8. The maximum Gasteiger partial charge on any atom is 0.225 e. The number of aryl methyl sites for hydroxylation is 1. The fourth-order valence-corrected chi connectivity index (χ4v) is 2.82. The number of amides is 1. The molecule has 2 N–H and O–H groups in total. The standard InChI is InChI=1S/C13H19N3O2S/c1-9(3-4-17)6-14-12(18)5-11-8-19-13-15-10(2)7-16(11)13/h7-9,17H,3-6H2,1-2H3,(H,14,18). The molecule has 5 nitrogen and oxygen atoms in total. The summed E-state index contributed by atoms with van der Waals surface area (Å²) < 4.78 is 1.97. The number of aromatic nitrogens is 2. The van der Waals surface area contributed by atoms with Gasteiger partial charge in [-0.3, -0.25) is 9.20 Å². The van der Waals surface area contributed by atoms with Crippen LogP contribution in [0.2, 0.25) is 0 Å². The molecule has 0 aromatic carbocycles. The van der Waals surface area contributed by atoms with E-state index in [-0.39, 0.29) is 12.5 Å². The van der Waals surface area contributed by atoms with Crippen LogP contribution in [0.15, 0.2) is 11.6 Å². The minimum atomic E-state index is 0.0100. The maximum absolute atomic E-state index is 11.9. The van der Waals surface area contributed by atoms with Crippen LogP contribution in [0.25, 0.3) is 4.96 Å². The van der Waals surface area contributed by atoms with E-state index in [4.69, 9.17) is 5.11 Å². The third kappa shape index (κ3) is 3.54. The number of aliphatic hydroxyl groups excluding tert-OH is 1. The predicted molar refractivity (Wildman–Crippen MR) is 75.4 cm³/mol. The molecule has 0 fully saturated rings. The van der Waals surface area contributed by atoms with Crippen molar-refractivity contribution in [1.82, 2.24) is 14.7 Å². The van der Waals surface area contributed by atoms with Crippen molar-refractivity contribution in [2.45, 2.75) is 26.7 Å². The van der Waals surface area contributed by atoms with Crippen LogP contribution in [0.1, 0.15) is 24.7 Å². The van der Waals surface area contributed by atoms with Gasteiger partial charge in [-0.1, -0.05) is 6.92 Å². The van der Waals surface area contributed by atoms with Gasteiger partial charge < -0.3 is 10.4 Å². The summed E-state index contributed by atoms with van der Waals surface area (Å²) in [5, 5.41) is 13.7. The van der Waals surface area contributed by atoms with Gasteiger partial charge in [-0.05, 0) is 19.3 Å². The van der Waals surface area contributed by atoms with Crippen LogP contribution >= 0.6 is 11.3 Å². The first-order valence-corrected chi connectivity index (χ1v) is 7.27. The Morgan fingerprint density at radius 3 is 3.16 bits per heavy atom. The average molecular weight is 281 g/mol. The van der Waals surface area contributed by atoms with Crippen LogP contribution < -0.4 is 5.32 Å². The van der Waals surface area contributed by atoms with Gasteiger partial charge in [0.1, 0.15) is 0 Å². The number of carbonyl (C=O) groups excluding carboxylic acids is 1. The number of aliphatic hydroxyl groups is 1. The van der Waals surface area contributed by atoms with Gasteiger partial charge in [-0.25, -0.2) is 4.98 Å². The second kappa shape index (κ2) is 6.16. The fourth-order valence-electron chi connectivity index (χ4n) is 1.91. The number of hydrogen-bond acceptors (Lipinski definition) is 4. The van der Waals surface area contributed by atoms with Crippen LogP contribution in [0.4, 0.5) is 0 Å². The van der Waals surface area contributed by atoms with E-state index in [0.29, 0.717) is 25.3 Å². The molecule has 19 heavy (non-hydrogen) atoms. The summed E-state index contributed by atoms with van der Waals surface area (Å²) in [6, 6.07) is 0. The van der Waals surface area contributed by atoms with Crippen LogP contribution in [0, 0.1) is 12.8 Å². The van der Waals surface area contributed by atoms with Crippen molar-refractivity contribution in [3.8, 4) is 0 Å². The van der Waals surface area contributed by atoms with Gasteiger partial charge in [0, 0.05) is 30.4 Å². The molecule has 1 amide bonds. The highest BCUT2D eigenvalue weighted by Crippen LogP contribution is 2.16. The summed E-state index contributed by atoms with van der Waals surface area (Å²) in [7, 11) is 0. The van der Waals surface area contributed by atoms with Crippen LogP contribution in [0.3, 0.4) is 0 Å². The fraction of sp³-hybridized carbons (Fsp3) is 0.538. The molecule has 0 saturated heterocycles. The Hall–Kier alpha value is -1.40. The molecule has 2 heterocycles. The molecule has 2 aromatic heterocycles. The lowest BCUT2D eigenvalue weighted by atomic mass is 10.1. The second-order valence-corrected chi connectivity index (χ2v) is 5.70. The van der Waals surface area contributed by atoms with Crippen molar-refractivity contribution in [1.29, 1.82) is 0 Å². The molecule has 0 spiro atoms. The molecule has 104 valence electrons. The number of hydrogen-bond donors (Lipinski definition) is 2. The number of imidazole rings is 1. The van der Waals surface area contributed by atoms with Crippen molar-refractivity contribution >= 4 is 22.2 Å². The number of nitrogens with one attached hydrogen (secondary N) is 1. The Labute approximate surface area is 116 Å². The lowest BCUT2D eigenvalue weighted by Gasteiger charge is -2.10. The van der Waals surface area contributed by atoms with E-state index in [1.165, 1.54) is 0 Å². The molecule has 0 aliphatic carbocycles. The largest absolute Gasteiger partial charge is 0.396 e. The average Bonchev–Trinajstić information content (AvgIpc) is 2.88. The highest BCUT2D eigenvalue weighted by Gasteiger charge is 2.11. The van der Waals surface area contributed by atoms with E-state index in [2.05, 4.69) is 10.3 Å². The molecule has 0 aliphatic heterocycles. The van der Waals surface area contributed by atoms with E-state index in [1.807, 2.05) is 29.8 Å². The second-order valence-electron chi connectivity index (χ2n) is 4.86. The SMILES string of the molecule is Cc1cn2c(CC(=O)NCC(C)CCO)csc2n1. The van der Waals surface area contributed by atoms with Gasteiger partial charge in [0.15, 0.2) is 4.96 Å². The van der Waals surface area contributed by atoms with E-state index in [9.17, 15) is 4.79 Å². The Bertz CT molecular complexity index is 561. The Morgan fingerprint density at radius 1 is 1.63 bits per heavy atom. The summed E-state index contributed by atoms with van der Waals surface area (Å²) in [5.74, 6) is 0.308. The van der Waals surface area contributed by atoms with Crippen molar-refractivity contribution in [3.05, 3.63) is 23.0 Å². The molecule has 0 saturated carbocycles. The number of nitrogens with zero attached hydrogens (tertiary/aromatic N) is 2. The Kier molecular flexibility index (Phi) is 4.55. The maximum atomic E-state index is 11.9. The van der Waals surface area contributed by atoms with Gasteiger partial charge in [0.25, 0.3) is 0 Å². The first-order valence-electron chi connectivity index (χ1n) is 6.39. The molecule has 0 bridgehead atoms. The first-order chi connectivity index (χ1) is 9.10. The highest BCUT2D eigenvalue weighted by molar-refractivity contribution is 7.15. The third-order valence-electron chi connectivity index (χ3n) is 3.02. The summed E-state index contributed by atoms with van der Waals surface area (Å²) in [4.78, 5) is 17.2. The molecule has 1 unspecified atom stereocenters. The Morgan fingerprint density at radius 2 is 2.42 bits per heavy atom. The number of rotatable bonds is 6. The van der Waals surface area contributed by atoms with Crippen LogP contribution in [-0.4, -0.2) is 33.6 Å². The van der Waals surface area contributed by atoms with E-state index >= 15 is 0 Å². The zero-order valence-corrected chi connectivity index (χ0v) is 12.0. The van der Waals surface area contributed by atoms with Gasteiger partial charge in [-0.15, -0.1) is 11.3 Å². The molecule has 0 aliphatic rings. The first kappa shape index (κ1) is 14.0. The predicted octanol–water partition coefficient (Wildman–Crippen LogP) is 1.38. The van der Waals surface area contributed by atoms with E-state index < -0.39 is 0 Å². The van der Waals surface area contributed by atoms with Gasteiger partial charge >= 0.3 is 0 Å². The summed E-state index contributed by atoms with van der Waals surface area (Å²) in [6.07, 6.45) is 3.02. The molecule has 2 aromatic rings. The molecule has 0 radical (unpaired) electrons. The summed E-state index contributed by atoms with van der Waals surface area (Å²) in [5.41, 5.74) is 1.93. The van der Waals surface area contributed by atoms with Crippen molar-refractivity contribution in [2.75, 3.05) is 13.2 Å². The van der Waals surface area contributed by atoms with Gasteiger partial charge in [0.2, 0.25) is 5.91 Å². The quantitative estimate of drug-likeness (QED) is 0.840. The smallest absolute Gasteiger partial charge is 0.225 e. The molecule has 1 atom stereocenters. The Balaban J connectivity index is 1.91. The summed E-state index contributed by atoms with van der Waals surface area (Å²) in [6.45, 7) is 4.73. The van der Waals surface area contributed by atoms with Crippen molar-refractivity contribution < 1.29 is 9.90 Å². The third-order valence-corrected chi connectivity index (χ3v) is 3.90. The molecular weight excluding hydrogens is 262 g/mol. The van der Waals surface area contributed by atoms with Gasteiger partial charge in [-0.2, -0.15) is 0 Å². The van der Waals surface area contributed by atoms with E-state index in [0.717, 1.165) is 16.3 Å². The molecule has 6 heteroatoms. The van der Waals surface area contributed by atoms with Crippen LogP contribution in [0.5, 0.6) is 0 Å². The number of fused-ring (bicyclic) bond motifs is 1. The topological polar surface area (TPSA) is 66.6 Å². The minimum absolute atomic E-state index is 0.0100. The zero-order valence-electron chi connectivity index (χ0n) is 11.2. The lowest BCUT2D eigenvalue weighted by Crippen LogP contribution is -2.30. The highest BCUT2D eigenvalue weighted by atomic mass is 32.1. The molecular formula is C13H19N3O2S. The van der Waals surface area contributed by atoms with Crippen molar-refractivity contribution in [2.24, 2.45) is 5.92 Å². The van der Waals surface area contributed by atoms with Gasteiger partial charge in [0.05, 0.1) is 12.1 Å². The number of carbonyl (C=O) groups is 1. The minimum Gasteiger partial charge on any atom is -0.396 e. The monoisotopic (exact) mass is 281 g/mol. The number of thiazole rings is 1. The summed E-state index contributed by atoms with van der Waals surface area (Å²) >= 11 is 1.55. The molecule has 2 rings (SSSR count). The lowest BCUT2D eigenvalue weighted by molar-refractivity contribution is -0.120. The van der Waals surface area contributed by atoms with Crippen molar-refractivity contribution in [3.63, 3.8) is 0 Å².